The monoisotopic (exact) mass is 709 g/mol. The van der Waals surface area contributed by atoms with Gasteiger partial charge in [0.2, 0.25) is 5.89 Å². The zero-order chi connectivity index (χ0) is 33.6. The maximum absolute atomic E-state index is 11.7. The maximum atomic E-state index is 11.7. The minimum absolute atomic E-state index is 0.0123. The van der Waals surface area contributed by atoms with Gasteiger partial charge in [-0.15, -0.1) is 0 Å². The van der Waals surface area contributed by atoms with Crippen molar-refractivity contribution >= 4 is 21.9 Å². The van der Waals surface area contributed by atoms with Gasteiger partial charge in [-0.2, -0.15) is 0 Å². The van der Waals surface area contributed by atoms with Gasteiger partial charge in [-0.05, 0) is 87.1 Å². The first-order valence-corrected chi connectivity index (χ1v) is 16.8. The average molecular weight is 711 g/mol. The third-order valence-electron chi connectivity index (χ3n) is 7.82. The number of hydrogen-bond acceptors (Lipinski definition) is 8. The molecule has 0 spiro atoms. The number of oxazole rings is 1. The Labute approximate surface area is 285 Å². The van der Waals surface area contributed by atoms with Crippen molar-refractivity contribution in [3.8, 4) is 23.0 Å². The molecule has 10 heteroatoms. The highest BCUT2D eigenvalue weighted by atomic mass is 79.9. The Morgan fingerprint density at radius 2 is 1.57 bits per heavy atom. The van der Waals surface area contributed by atoms with Gasteiger partial charge in [-0.25, -0.2) is 9.78 Å². The lowest BCUT2D eigenvalue weighted by molar-refractivity contribution is -0.159. The molecule has 1 unspecified atom stereocenters. The summed E-state index contributed by atoms with van der Waals surface area (Å²) in [4.78, 5) is 16.4. The van der Waals surface area contributed by atoms with Crippen molar-refractivity contribution in [1.29, 1.82) is 0 Å². The maximum Gasteiger partial charge on any atom is 0.335 e. The lowest BCUT2D eigenvalue weighted by Crippen LogP contribution is -2.34. The molecule has 1 aliphatic rings. The van der Waals surface area contributed by atoms with Crippen LogP contribution in [0.2, 0.25) is 0 Å². The molecular formula is C37H44BrNO8. The first kappa shape index (κ1) is 36.1. The first-order chi connectivity index (χ1) is 22.8. The molecule has 0 bridgehead atoms. The van der Waals surface area contributed by atoms with Gasteiger partial charge in [0.15, 0.2) is 6.10 Å². The van der Waals surface area contributed by atoms with E-state index in [0.717, 1.165) is 58.5 Å². The van der Waals surface area contributed by atoms with E-state index in [2.05, 4.69) is 27.0 Å². The predicted octanol–water partition coefficient (Wildman–Crippen LogP) is 8.07. The molecule has 47 heavy (non-hydrogen) atoms. The largest absolute Gasteiger partial charge is 0.497 e. The van der Waals surface area contributed by atoms with Gasteiger partial charge in [-0.3, -0.25) is 0 Å². The Balaban J connectivity index is 0.000000427. The van der Waals surface area contributed by atoms with Crippen molar-refractivity contribution in [2.45, 2.75) is 76.4 Å². The summed E-state index contributed by atoms with van der Waals surface area (Å²) >= 11 is 3.37. The van der Waals surface area contributed by atoms with Gasteiger partial charge in [0.05, 0.1) is 46.2 Å². The van der Waals surface area contributed by atoms with E-state index in [1.807, 2.05) is 80.6 Å². The van der Waals surface area contributed by atoms with Crippen LogP contribution in [0.15, 0.2) is 77.2 Å². The van der Waals surface area contributed by atoms with Crippen LogP contribution in [0.25, 0.3) is 11.5 Å². The normalized spacial score (nSPS) is 16.5. The smallest absolute Gasteiger partial charge is 0.335 e. The van der Waals surface area contributed by atoms with Crippen LogP contribution in [0.4, 0.5) is 0 Å². The summed E-state index contributed by atoms with van der Waals surface area (Å²) in [6.07, 6.45) is 2.32. The SMILES string of the molecule is COc1cccc(CBr)c1.COc1cccc(COC(CO[C@@H]2CCC[C@H](OCc3nc(-c4cccc(C)c4)oc3C)C2)C(=O)O)c1. The van der Waals surface area contributed by atoms with E-state index in [9.17, 15) is 9.90 Å². The number of carbonyl (C=O) groups is 1. The molecule has 4 aromatic rings. The molecular weight excluding hydrogens is 666 g/mol. The van der Waals surface area contributed by atoms with Crippen LogP contribution >= 0.6 is 15.9 Å². The van der Waals surface area contributed by atoms with Crippen LogP contribution in [0.1, 0.15) is 53.8 Å². The van der Waals surface area contributed by atoms with Crippen molar-refractivity contribution in [3.63, 3.8) is 0 Å². The molecule has 5 rings (SSSR count). The van der Waals surface area contributed by atoms with E-state index in [4.69, 9.17) is 28.1 Å². The van der Waals surface area contributed by atoms with Crippen molar-refractivity contribution < 1.29 is 38.0 Å². The Hall–Kier alpha value is -3.70. The van der Waals surface area contributed by atoms with E-state index in [0.29, 0.717) is 24.7 Å². The number of carboxylic acids is 1. The highest BCUT2D eigenvalue weighted by Crippen LogP contribution is 2.27. The molecule has 1 aliphatic carbocycles. The Morgan fingerprint density at radius 3 is 2.23 bits per heavy atom. The van der Waals surface area contributed by atoms with Gasteiger partial charge in [-0.1, -0.05) is 57.9 Å². The number of ether oxygens (including phenoxy) is 5. The number of methoxy groups -OCH3 is 2. The zero-order valence-electron chi connectivity index (χ0n) is 27.4. The van der Waals surface area contributed by atoms with E-state index in [-0.39, 0.29) is 25.4 Å². The molecule has 0 amide bonds. The summed E-state index contributed by atoms with van der Waals surface area (Å²) in [7, 11) is 3.26. The molecule has 252 valence electrons. The molecule has 1 aromatic heterocycles. The second kappa shape index (κ2) is 18.6. The van der Waals surface area contributed by atoms with Crippen LogP contribution in [0, 0.1) is 13.8 Å². The zero-order valence-corrected chi connectivity index (χ0v) is 29.0. The number of rotatable bonds is 14. The molecule has 1 heterocycles. The predicted molar refractivity (Wildman–Crippen MR) is 183 cm³/mol. The van der Waals surface area contributed by atoms with E-state index >= 15 is 0 Å². The lowest BCUT2D eigenvalue weighted by atomic mass is 9.95. The number of halogens is 1. The summed E-state index contributed by atoms with van der Waals surface area (Å²) < 4.78 is 33.9. The van der Waals surface area contributed by atoms with Crippen LogP contribution in [0.5, 0.6) is 11.5 Å². The summed E-state index contributed by atoms with van der Waals surface area (Å²) in [6.45, 7) is 4.44. The van der Waals surface area contributed by atoms with Crippen molar-refractivity contribution in [2.75, 3.05) is 20.8 Å². The summed E-state index contributed by atoms with van der Waals surface area (Å²) in [6, 6.07) is 23.4. The second-order valence-electron chi connectivity index (χ2n) is 11.4. The van der Waals surface area contributed by atoms with E-state index < -0.39 is 12.1 Å². The Kier molecular flexibility index (Phi) is 14.3. The fraction of sp³-hybridized carbons (Fsp3) is 0.405. The number of aliphatic carboxylic acids is 1. The fourth-order valence-corrected chi connectivity index (χ4v) is 5.54. The first-order valence-electron chi connectivity index (χ1n) is 15.7. The molecule has 0 aliphatic heterocycles. The Bertz CT molecular complexity index is 1540. The fourth-order valence-electron chi connectivity index (χ4n) is 5.19. The van der Waals surface area contributed by atoms with Gasteiger partial charge in [0.1, 0.15) is 23.0 Å². The van der Waals surface area contributed by atoms with Gasteiger partial charge >= 0.3 is 5.97 Å². The van der Waals surface area contributed by atoms with Crippen LogP contribution in [0.3, 0.4) is 0 Å². The highest BCUT2D eigenvalue weighted by Gasteiger charge is 2.27. The van der Waals surface area contributed by atoms with Crippen LogP contribution < -0.4 is 9.47 Å². The standard InChI is InChI=1S/C29H35NO7.C8H9BrO/c1-19-7-4-9-22(13-19)28-30-26(20(2)37-28)17-34-24-11-6-12-25(15-24)35-18-27(29(31)32)36-16-21-8-5-10-23(14-21)33-3;1-10-8-4-2-3-7(5-8)6-9/h4-5,7-10,13-14,24-25,27H,6,11-12,15-18H2,1-3H3,(H,31,32);2-5H,6H2,1H3/t24-,25+,27?;/m0./s1. The number of aromatic nitrogens is 1. The van der Waals surface area contributed by atoms with Gasteiger partial charge in [0.25, 0.3) is 0 Å². The number of carboxylic acid groups (broad SMARTS) is 1. The topological polar surface area (TPSA) is 109 Å². The van der Waals surface area contributed by atoms with Crippen molar-refractivity contribution in [1.82, 2.24) is 4.98 Å². The summed E-state index contributed by atoms with van der Waals surface area (Å²) in [5.74, 6) is 1.91. The molecule has 0 radical (unpaired) electrons. The van der Waals surface area contributed by atoms with Gasteiger partial charge in [0, 0.05) is 10.9 Å². The lowest BCUT2D eigenvalue weighted by Gasteiger charge is -2.29. The molecule has 1 fully saturated rings. The Morgan fingerprint density at radius 1 is 0.915 bits per heavy atom. The van der Waals surface area contributed by atoms with Crippen molar-refractivity contribution in [3.05, 3.63) is 101 Å². The van der Waals surface area contributed by atoms with Crippen LogP contribution in [-0.4, -0.2) is 55.2 Å². The highest BCUT2D eigenvalue weighted by molar-refractivity contribution is 9.08. The minimum Gasteiger partial charge on any atom is -0.497 e. The van der Waals surface area contributed by atoms with Crippen molar-refractivity contribution in [2.24, 2.45) is 0 Å². The number of alkyl halides is 1. The van der Waals surface area contributed by atoms with Crippen LogP contribution in [-0.2, 0) is 37.5 Å². The summed E-state index contributed by atoms with van der Waals surface area (Å²) in [5, 5.41) is 10.5. The summed E-state index contributed by atoms with van der Waals surface area (Å²) in [5.41, 5.74) is 4.96. The van der Waals surface area contributed by atoms with Gasteiger partial charge < -0.3 is 33.2 Å². The van der Waals surface area contributed by atoms with E-state index in [1.54, 1.807) is 14.2 Å². The molecule has 3 aromatic carbocycles. The number of hydrogen-bond donors (Lipinski definition) is 1. The second-order valence-corrected chi connectivity index (χ2v) is 12.0. The molecule has 1 saturated carbocycles. The number of benzene rings is 3. The third-order valence-corrected chi connectivity index (χ3v) is 8.47. The average Bonchev–Trinajstić information content (AvgIpc) is 3.47. The molecule has 0 saturated heterocycles. The minimum atomic E-state index is -1.05. The quantitative estimate of drug-likeness (QED) is 0.130. The molecule has 1 N–H and O–H groups in total. The molecule has 3 atom stereocenters. The third kappa shape index (κ3) is 11.5. The van der Waals surface area contributed by atoms with E-state index in [1.165, 1.54) is 5.56 Å². The number of aryl methyl sites for hydroxylation is 2. The number of nitrogens with zero attached hydrogens (tertiary/aromatic N) is 1. The molecule has 9 nitrogen and oxygen atoms in total.